The van der Waals surface area contributed by atoms with Crippen LogP contribution in [0.1, 0.15) is 23.7 Å². The number of aromatic nitrogens is 4. The molecular formula is C15H15N5O. The lowest BCUT2D eigenvalue weighted by atomic mass is 10.1. The van der Waals surface area contributed by atoms with Crippen LogP contribution in [0.15, 0.2) is 42.7 Å². The Hall–Kier alpha value is -2.76. The number of hydrogen-bond acceptors (Lipinski definition) is 4. The maximum atomic E-state index is 11.9. The summed E-state index contributed by atoms with van der Waals surface area (Å²) in [4.78, 5) is 16.0. The number of carbonyl (C=O) groups is 1. The average molecular weight is 281 g/mol. The Bertz CT molecular complexity index is 763. The van der Waals surface area contributed by atoms with Gasteiger partial charge in [0.1, 0.15) is 0 Å². The van der Waals surface area contributed by atoms with Crippen LogP contribution in [0.4, 0.5) is 0 Å². The van der Waals surface area contributed by atoms with Gasteiger partial charge in [-0.25, -0.2) is 4.98 Å². The van der Waals surface area contributed by atoms with Gasteiger partial charge in [-0.05, 0) is 24.6 Å². The van der Waals surface area contributed by atoms with Crippen LogP contribution in [-0.2, 0) is 0 Å². The van der Waals surface area contributed by atoms with Crippen LogP contribution in [0, 0.1) is 0 Å². The molecule has 0 fully saturated rings. The van der Waals surface area contributed by atoms with Crippen molar-refractivity contribution in [3.63, 3.8) is 0 Å². The van der Waals surface area contributed by atoms with E-state index in [-0.39, 0.29) is 5.91 Å². The number of benzene rings is 1. The molecule has 0 aliphatic carbocycles. The molecule has 0 aliphatic rings. The molecule has 106 valence electrons. The highest BCUT2D eigenvalue weighted by atomic mass is 16.1. The molecule has 0 bridgehead atoms. The maximum Gasteiger partial charge on any atom is 0.255 e. The molecule has 0 saturated heterocycles. The zero-order valence-corrected chi connectivity index (χ0v) is 11.7. The summed E-state index contributed by atoms with van der Waals surface area (Å²) in [6, 6.07) is 9.14. The van der Waals surface area contributed by atoms with Gasteiger partial charge in [-0.1, -0.05) is 19.1 Å². The predicted octanol–water partition coefficient (Wildman–Crippen LogP) is 1.93. The molecule has 0 aliphatic heterocycles. The number of carbonyl (C=O) groups excluding carboxylic acids is 1. The van der Waals surface area contributed by atoms with E-state index < -0.39 is 0 Å². The zero-order valence-electron chi connectivity index (χ0n) is 11.7. The van der Waals surface area contributed by atoms with Crippen LogP contribution in [-0.4, -0.2) is 32.0 Å². The highest BCUT2D eigenvalue weighted by Crippen LogP contribution is 2.18. The van der Waals surface area contributed by atoms with Gasteiger partial charge in [0.15, 0.2) is 5.82 Å². The number of fused-ring (bicyclic) bond motifs is 1. The van der Waals surface area contributed by atoms with Crippen molar-refractivity contribution >= 4 is 11.7 Å². The molecule has 0 saturated carbocycles. The van der Waals surface area contributed by atoms with E-state index in [9.17, 15) is 4.79 Å². The molecule has 1 N–H and O–H groups in total. The highest BCUT2D eigenvalue weighted by Gasteiger charge is 2.09. The highest BCUT2D eigenvalue weighted by molar-refractivity contribution is 5.94. The fourth-order valence-corrected chi connectivity index (χ4v) is 2.05. The largest absolute Gasteiger partial charge is 0.352 e. The fourth-order valence-electron chi connectivity index (χ4n) is 2.05. The van der Waals surface area contributed by atoms with Gasteiger partial charge in [0.05, 0.1) is 0 Å². The molecule has 21 heavy (non-hydrogen) atoms. The molecule has 0 spiro atoms. The average Bonchev–Trinajstić information content (AvgIpc) is 2.97. The minimum atomic E-state index is -0.0591. The number of rotatable bonds is 4. The molecule has 3 rings (SSSR count). The van der Waals surface area contributed by atoms with Crippen LogP contribution in [0.5, 0.6) is 0 Å². The molecular weight excluding hydrogens is 266 g/mol. The van der Waals surface area contributed by atoms with E-state index in [1.807, 2.05) is 35.7 Å². The molecule has 0 unspecified atom stereocenters. The van der Waals surface area contributed by atoms with E-state index in [0.29, 0.717) is 23.7 Å². The van der Waals surface area contributed by atoms with Gasteiger partial charge in [0.25, 0.3) is 11.7 Å². The van der Waals surface area contributed by atoms with E-state index >= 15 is 0 Å². The summed E-state index contributed by atoms with van der Waals surface area (Å²) < 4.78 is 1.81. The molecule has 6 heteroatoms. The summed E-state index contributed by atoms with van der Waals surface area (Å²) in [5.74, 6) is 1.20. The summed E-state index contributed by atoms with van der Waals surface area (Å²) in [6.45, 7) is 2.70. The second kappa shape index (κ2) is 5.70. The first-order valence-electron chi connectivity index (χ1n) is 6.84. The van der Waals surface area contributed by atoms with E-state index in [0.717, 1.165) is 12.0 Å². The lowest BCUT2D eigenvalue weighted by Crippen LogP contribution is -2.23. The van der Waals surface area contributed by atoms with Gasteiger partial charge in [-0.2, -0.15) is 0 Å². The lowest BCUT2D eigenvalue weighted by Gasteiger charge is -2.04. The molecule has 2 heterocycles. The quantitative estimate of drug-likeness (QED) is 0.793. The first kappa shape index (κ1) is 13.2. The van der Waals surface area contributed by atoms with Gasteiger partial charge in [0, 0.05) is 30.1 Å². The summed E-state index contributed by atoms with van der Waals surface area (Å²) in [5, 5.41) is 11.0. The van der Waals surface area contributed by atoms with E-state index in [1.54, 1.807) is 18.3 Å². The number of nitrogens with zero attached hydrogens (tertiary/aromatic N) is 4. The Balaban J connectivity index is 1.89. The second-order valence-electron chi connectivity index (χ2n) is 4.65. The van der Waals surface area contributed by atoms with Crippen LogP contribution in [0.3, 0.4) is 0 Å². The van der Waals surface area contributed by atoms with Crippen molar-refractivity contribution in [1.29, 1.82) is 0 Å². The Morgan fingerprint density at radius 2 is 2.05 bits per heavy atom. The van der Waals surface area contributed by atoms with Crippen LogP contribution in [0.25, 0.3) is 17.2 Å². The van der Waals surface area contributed by atoms with Crippen molar-refractivity contribution in [3.8, 4) is 11.4 Å². The Morgan fingerprint density at radius 3 is 2.81 bits per heavy atom. The standard InChI is InChI=1S/C15H15N5O/c1-2-8-16-14(21)12-6-4-11(5-7-12)13-18-19-15-17-9-3-10-20(13)15/h3-7,9-10H,2,8H2,1H3,(H,16,21). The van der Waals surface area contributed by atoms with Crippen molar-refractivity contribution < 1.29 is 4.79 Å². The molecule has 1 amide bonds. The van der Waals surface area contributed by atoms with Crippen molar-refractivity contribution in [2.24, 2.45) is 0 Å². The minimum Gasteiger partial charge on any atom is -0.352 e. The van der Waals surface area contributed by atoms with Crippen LogP contribution >= 0.6 is 0 Å². The van der Waals surface area contributed by atoms with Crippen LogP contribution in [0.2, 0.25) is 0 Å². The third kappa shape index (κ3) is 2.60. The topological polar surface area (TPSA) is 72.2 Å². The summed E-state index contributed by atoms with van der Waals surface area (Å²) in [5.41, 5.74) is 1.53. The second-order valence-corrected chi connectivity index (χ2v) is 4.65. The summed E-state index contributed by atoms with van der Waals surface area (Å²) in [6.07, 6.45) is 4.46. The van der Waals surface area contributed by atoms with Gasteiger partial charge >= 0.3 is 0 Å². The SMILES string of the molecule is CCCNC(=O)c1ccc(-c2nnc3ncccn23)cc1. The minimum absolute atomic E-state index is 0.0591. The van der Waals surface area contributed by atoms with Gasteiger partial charge in [-0.3, -0.25) is 9.20 Å². The lowest BCUT2D eigenvalue weighted by molar-refractivity contribution is 0.0953. The van der Waals surface area contributed by atoms with E-state index in [1.165, 1.54) is 0 Å². The van der Waals surface area contributed by atoms with E-state index in [2.05, 4.69) is 20.5 Å². The van der Waals surface area contributed by atoms with Gasteiger partial charge in [-0.15, -0.1) is 10.2 Å². The molecule has 0 atom stereocenters. The Morgan fingerprint density at radius 1 is 1.24 bits per heavy atom. The van der Waals surface area contributed by atoms with Crippen molar-refractivity contribution in [1.82, 2.24) is 24.9 Å². The van der Waals surface area contributed by atoms with Crippen LogP contribution < -0.4 is 5.32 Å². The van der Waals surface area contributed by atoms with Crippen molar-refractivity contribution in [2.75, 3.05) is 6.54 Å². The predicted molar refractivity (Wildman–Crippen MR) is 78.8 cm³/mol. The Labute approximate surface area is 121 Å². The molecule has 3 aromatic rings. The third-order valence-electron chi connectivity index (χ3n) is 3.13. The maximum absolute atomic E-state index is 11.9. The van der Waals surface area contributed by atoms with Gasteiger partial charge < -0.3 is 5.32 Å². The smallest absolute Gasteiger partial charge is 0.255 e. The number of amides is 1. The molecule has 1 aromatic carbocycles. The number of hydrogen-bond donors (Lipinski definition) is 1. The summed E-state index contributed by atoms with van der Waals surface area (Å²) >= 11 is 0. The number of nitrogens with one attached hydrogen (secondary N) is 1. The third-order valence-corrected chi connectivity index (χ3v) is 3.13. The van der Waals surface area contributed by atoms with Gasteiger partial charge in [0.2, 0.25) is 0 Å². The fraction of sp³-hybridized carbons (Fsp3) is 0.200. The molecule has 0 radical (unpaired) electrons. The zero-order chi connectivity index (χ0) is 14.7. The van der Waals surface area contributed by atoms with Crippen molar-refractivity contribution in [3.05, 3.63) is 48.3 Å². The first-order chi connectivity index (χ1) is 10.3. The molecule has 2 aromatic heterocycles. The van der Waals surface area contributed by atoms with Crippen molar-refractivity contribution in [2.45, 2.75) is 13.3 Å². The normalized spacial score (nSPS) is 10.7. The monoisotopic (exact) mass is 281 g/mol. The molecule has 6 nitrogen and oxygen atoms in total. The van der Waals surface area contributed by atoms with E-state index in [4.69, 9.17) is 0 Å². The first-order valence-corrected chi connectivity index (χ1v) is 6.84. The Kier molecular flexibility index (Phi) is 3.59. The summed E-state index contributed by atoms with van der Waals surface area (Å²) in [7, 11) is 0.